The number of alkyl halides is 3. The first-order valence-electron chi connectivity index (χ1n) is 9.98. The zero-order valence-electron chi connectivity index (χ0n) is 17.3. The number of hydrogen-bond acceptors (Lipinski definition) is 3. The standard InChI is InChI=1S/C24H23F4NO2/c1-12-18(24(26,27)28)17-19(22(31)20(12)25)23(2,3)11-16(30)21(17)29-15-10-6-8-13-7-4-5-9-14(13)15/h4-10,16,21,29-31H,11H2,1-3H3. The number of aliphatic hydroxyl groups is 1. The van der Waals surface area contributed by atoms with E-state index in [9.17, 15) is 27.8 Å². The van der Waals surface area contributed by atoms with Gasteiger partial charge < -0.3 is 15.5 Å². The molecular weight excluding hydrogens is 410 g/mol. The van der Waals surface area contributed by atoms with Gasteiger partial charge in [-0.15, -0.1) is 0 Å². The van der Waals surface area contributed by atoms with Crippen molar-refractivity contribution < 1.29 is 27.8 Å². The summed E-state index contributed by atoms with van der Waals surface area (Å²) >= 11 is 0. The van der Waals surface area contributed by atoms with E-state index in [1.54, 1.807) is 26.0 Å². The lowest BCUT2D eigenvalue weighted by Crippen LogP contribution is -2.41. The molecule has 1 aliphatic carbocycles. The third kappa shape index (κ3) is 3.41. The maximum atomic E-state index is 14.7. The number of nitrogens with one attached hydrogen (secondary N) is 1. The molecule has 0 aliphatic heterocycles. The Bertz CT molecular complexity index is 1140. The van der Waals surface area contributed by atoms with Crippen LogP contribution in [0.5, 0.6) is 5.75 Å². The van der Waals surface area contributed by atoms with Gasteiger partial charge in [-0.1, -0.05) is 50.2 Å². The Morgan fingerprint density at radius 3 is 2.39 bits per heavy atom. The zero-order chi connectivity index (χ0) is 22.7. The quantitative estimate of drug-likeness (QED) is 0.422. The van der Waals surface area contributed by atoms with Gasteiger partial charge in [-0.2, -0.15) is 13.2 Å². The fraction of sp³-hybridized carbons (Fsp3) is 0.333. The van der Waals surface area contributed by atoms with Gasteiger partial charge in [-0.05, 0) is 35.8 Å². The summed E-state index contributed by atoms with van der Waals surface area (Å²) in [7, 11) is 0. The summed E-state index contributed by atoms with van der Waals surface area (Å²) in [5.74, 6) is -2.07. The molecule has 164 valence electrons. The van der Waals surface area contributed by atoms with Crippen molar-refractivity contribution in [3.63, 3.8) is 0 Å². The van der Waals surface area contributed by atoms with Gasteiger partial charge in [0.1, 0.15) is 0 Å². The highest BCUT2D eigenvalue weighted by Gasteiger charge is 2.49. The summed E-state index contributed by atoms with van der Waals surface area (Å²) in [6.45, 7) is 4.19. The van der Waals surface area contributed by atoms with Crippen LogP contribution in [0.2, 0.25) is 0 Å². The summed E-state index contributed by atoms with van der Waals surface area (Å²) in [4.78, 5) is 0. The first-order valence-corrected chi connectivity index (χ1v) is 9.98. The Labute approximate surface area is 177 Å². The summed E-state index contributed by atoms with van der Waals surface area (Å²) in [5.41, 5.74) is -2.78. The lowest BCUT2D eigenvalue weighted by atomic mass is 9.67. The van der Waals surface area contributed by atoms with Gasteiger partial charge in [0.05, 0.1) is 17.7 Å². The Hall–Kier alpha value is -2.80. The van der Waals surface area contributed by atoms with Gasteiger partial charge in [0.2, 0.25) is 0 Å². The number of benzene rings is 3. The molecule has 3 nitrogen and oxygen atoms in total. The summed E-state index contributed by atoms with van der Waals surface area (Å²) in [6, 6.07) is 11.6. The molecule has 0 saturated carbocycles. The van der Waals surface area contributed by atoms with Crippen molar-refractivity contribution in [2.24, 2.45) is 0 Å². The lowest BCUT2D eigenvalue weighted by molar-refractivity contribution is -0.139. The average molecular weight is 433 g/mol. The molecule has 0 fully saturated rings. The molecular formula is C24H23F4NO2. The van der Waals surface area contributed by atoms with E-state index in [2.05, 4.69) is 5.32 Å². The Morgan fingerprint density at radius 2 is 1.71 bits per heavy atom. The minimum Gasteiger partial charge on any atom is -0.505 e. The van der Waals surface area contributed by atoms with E-state index in [0.29, 0.717) is 5.69 Å². The third-order valence-corrected chi connectivity index (χ3v) is 6.16. The van der Waals surface area contributed by atoms with Crippen LogP contribution in [-0.2, 0) is 11.6 Å². The van der Waals surface area contributed by atoms with E-state index < -0.39 is 46.4 Å². The first kappa shape index (κ1) is 21.4. The Kier molecular flexibility index (Phi) is 4.92. The van der Waals surface area contributed by atoms with Gasteiger partial charge in [0.25, 0.3) is 0 Å². The van der Waals surface area contributed by atoms with Crippen LogP contribution in [-0.4, -0.2) is 16.3 Å². The molecule has 0 aromatic heterocycles. The smallest absolute Gasteiger partial charge is 0.417 e. The highest BCUT2D eigenvalue weighted by molar-refractivity contribution is 5.94. The van der Waals surface area contributed by atoms with Crippen LogP contribution in [0, 0.1) is 12.7 Å². The average Bonchev–Trinajstić information content (AvgIpc) is 2.67. The molecule has 3 aromatic rings. The number of hydrogen-bond donors (Lipinski definition) is 3. The van der Waals surface area contributed by atoms with Gasteiger partial charge >= 0.3 is 6.18 Å². The normalized spacial score (nSPS) is 20.5. The number of aromatic hydroxyl groups is 1. The number of phenolic OH excluding ortho intramolecular Hbond substituents is 1. The number of rotatable bonds is 2. The van der Waals surface area contributed by atoms with Crippen LogP contribution in [0.15, 0.2) is 42.5 Å². The van der Waals surface area contributed by atoms with Gasteiger partial charge in [0.15, 0.2) is 11.6 Å². The first-order chi connectivity index (χ1) is 14.4. The topological polar surface area (TPSA) is 52.5 Å². The van der Waals surface area contributed by atoms with Gasteiger partial charge in [0, 0.05) is 22.2 Å². The van der Waals surface area contributed by atoms with Crippen molar-refractivity contribution in [1.29, 1.82) is 0 Å². The number of phenols is 1. The predicted molar refractivity (Wildman–Crippen MR) is 112 cm³/mol. The summed E-state index contributed by atoms with van der Waals surface area (Å²) in [6.07, 6.45) is -6.00. The fourth-order valence-electron chi connectivity index (χ4n) is 4.84. The molecule has 0 saturated heterocycles. The van der Waals surface area contributed by atoms with Crippen molar-refractivity contribution in [1.82, 2.24) is 0 Å². The van der Waals surface area contributed by atoms with E-state index in [0.717, 1.165) is 17.7 Å². The van der Waals surface area contributed by atoms with Crippen molar-refractivity contribution in [3.8, 4) is 5.75 Å². The van der Waals surface area contributed by atoms with Crippen LogP contribution < -0.4 is 5.32 Å². The molecule has 7 heteroatoms. The minimum atomic E-state index is -4.87. The largest absolute Gasteiger partial charge is 0.505 e. The number of aliphatic hydroxyl groups excluding tert-OH is 1. The van der Waals surface area contributed by atoms with Crippen molar-refractivity contribution in [2.75, 3.05) is 5.32 Å². The number of anilines is 1. The van der Waals surface area contributed by atoms with E-state index in [-0.39, 0.29) is 17.5 Å². The van der Waals surface area contributed by atoms with Gasteiger partial charge in [-0.25, -0.2) is 4.39 Å². The van der Waals surface area contributed by atoms with Crippen LogP contribution in [0.4, 0.5) is 23.2 Å². The highest BCUT2D eigenvalue weighted by Crippen LogP contribution is 2.53. The van der Waals surface area contributed by atoms with E-state index in [1.807, 2.05) is 30.3 Å². The second kappa shape index (κ2) is 7.12. The summed E-state index contributed by atoms with van der Waals surface area (Å²) in [5, 5.41) is 26.2. The molecule has 1 aliphatic rings. The minimum absolute atomic E-state index is 0.0514. The lowest BCUT2D eigenvalue weighted by Gasteiger charge is -2.43. The SMILES string of the molecule is Cc1c(F)c(O)c2c(c1C(F)(F)F)C(Nc1cccc3ccccc13)C(O)CC2(C)C. The number of halogens is 4. The molecule has 0 spiro atoms. The molecule has 2 unspecified atom stereocenters. The van der Waals surface area contributed by atoms with Crippen LogP contribution in [0.3, 0.4) is 0 Å². The Balaban J connectivity index is 2.00. The van der Waals surface area contributed by atoms with E-state index in [1.165, 1.54) is 0 Å². The van der Waals surface area contributed by atoms with Crippen molar-refractivity contribution >= 4 is 16.5 Å². The third-order valence-electron chi connectivity index (χ3n) is 6.16. The summed E-state index contributed by atoms with van der Waals surface area (Å²) < 4.78 is 57.1. The van der Waals surface area contributed by atoms with E-state index >= 15 is 0 Å². The highest BCUT2D eigenvalue weighted by atomic mass is 19.4. The molecule has 2 atom stereocenters. The molecule has 0 bridgehead atoms. The monoisotopic (exact) mass is 433 g/mol. The fourth-order valence-corrected chi connectivity index (χ4v) is 4.84. The number of fused-ring (bicyclic) bond motifs is 2. The molecule has 4 rings (SSSR count). The molecule has 3 N–H and O–H groups in total. The zero-order valence-corrected chi connectivity index (χ0v) is 17.3. The second-order valence-electron chi connectivity index (χ2n) is 8.75. The van der Waals surface area contributed by atoms with Crippen LogP contribution >= 0.6 is 0 Å². The van der Waals surface area contributed by atoms with E-state index in [4.69, 9.17) is 0 Å². The van der Waals surface area contributed by atoms with Crippen LogP contribution in [0.25, 0.3) is 10.8 Å². The second-order valence-corrected chi connectivity index (χ2v) is 8.75. The predicted octanol–water partition coefficient (Wildman–Crippen LogP) is 6.21. The van der Waals surface area contributed by atoms with Crippen LogP contribution in [0.1, 0.15) is 48.6 Å². The maximum Gasteiger partial charge on any atom is 0.417 e. The van der Waals surface area contributed by atoms with Crippen molar-refractivity contribution in [2.45, 2.75) is 50.9 Å². The molecule has 0 amide bonds. The molecule has 0 heterocycles. The van der Waals surface area contributed by atoms with Gasteiger partial charge in [-0.3, -0.25) is 0 Å². The molecule has 3 aromatic carbocycles. The molecule has 31 heavy (non-hydrogen) atoms. The molecule has 0 radical (unpaired) electrons. The Morgan fingerprint density at radius 1 is 1.06 bits per heavy atom. The van der Waals surface area contributed by atoms with Crippen molar-refractivity contribution in [3.05, 3.63) is 70.5 Å². The maximum absolute atomic E-state index is 14.7.